The maximum absolute atomic E-state index is 10.7. The van der Waals surface area contributed by atoms with Crippen LogP contribution in [0.2, 0.25) is 0 Å². The number of carbonyl (C=O) groups is 1. The summed E-state index contributed by atoms with van der Waals surface area (Å²) in [6.45, 7) is 5.57. The van der Waals surface area contributed by atoms with E-state index in [1.54, 1.807) is 6.92 Å². The lowest BCUT2D eigenvalue weighted by Crippen LogP contribution is -2.25. The Balaban J connectivity index is 4.22. The van der Waals surface area contributed by atoms with Crippen molar-refractivity contribution in [2.75, 3.05) is 0 Å². The van der Waals surface area contributed by atoms with Gasteiger partial charge in [0.15, 0.2) is 0 Å². The Hall–Kier alpha value is -0.790. The number of aliphatic carboxylic acids is 1. The molecule has 0 aromatic rings. The molecule has 2 nitrogen and oxygen atoms in total. The Bertz CT molecular complexity index is 161. The Kier molecular flexibility index (Phi) is 3.86. The fourth-order valence-corrected chi connectivity index (χ4v) is 0.761. The predicted molar refractivity (Wildman–Crippen MR) is 45.5 cm³/mol. The third-order valence-electron chi connectivity index (χ3n) is 2.10. The second-order valence-electron chi connectivity index (χ2n) is 2.99. The smallest absolute Gasteiger partial charge is 0.309 e. The van der Waals surface area contributed by atoms with Crippen LogP contribution in [0.25, 0.3) is 0 Å². The van der Waals surface area contributed by atoms with Crippen molar-refractivity contribution in [1.29, 1.82) is 0 Å². The van der Waals surface area contributed by atoms with Gasteiger partial charge in [0.25, 0.3) is 0 Å². The summed E-state index contributed by atoms with van der Waals surface area (Å²) in [4.78, 5) is 10.7. The van der Waals surface area contributed by atoms with Crippen molar-refractivity contribution in [3.8, 4) is 0 Å². The summed E-state index contributed by atoms with van der Waals surface area (Å²) in [5.41, 5.74) is -0.577. The molecule has 0 saturated carbocycles. The number of hydrogen-bond donors (Lipinski definition) is 1. The van der Waals surface area contributed by atoms with Crippen LogP contribution in [0.15, 0.2) is 12.2 Å². The van der Waals surface area contributed by atoms with Gasteiger partial charge in [0.05, 0.1) is 5.41 Å². The average Bonchev–Trinajstić information content (AvgIpc) is 2.00. The molecule has 0 aliphatic rings. The first-order chi connectivity index (χ1) is 5.06. The van der Waals surface area contributed by atoms with Crippen molar-refractivity contribution in [2.24, 2.45) is 5.41 Å². The zero-order valence-electron chi connectivity index (χ0n) is 7.42. The van der Waals surface area contributed by atoms with Crippen LogP contribution >= 0.6 is 0 Å². The van der Waals surface area contributed by atoms with Crippen LogP contribution in [0, 0.1) is 5.41 Å². The van der Waals surface area contributed by atoms with Crippen LogP contribution in [0.4, 0.5) is 0 Å². The van der Waals surface area contributed by atoms with Crippen LogP contribution in [0.3, 0.4) is 0 Å². The summed E-state index contributed by atoms with van der Waals surface area (Å²) in [5.74, 6) is -0.710. The minimum Gasteiger partial charge on any atom is -0.481 e. The molecular formula is C9H16O2. The van der Waals surface area contributed by atoms with Gasteiger partial charge in [-0.1, -0.05) is 19.1 Å². The van der Waals surface area contributed by atoms with E-state index in [0.29, 0.717) is 12.8 Å². The molecule has 0 amide bonds. The van der Waals surface area contributed by atoms with Gasteiger partial charge < -0.3 is 5.11 Å². The largest absolute Gasteiger partial charge is 0.481 e. The van der Waals surface area contributed by atoms with E-state index in [1.807, 2.05) is 26.0 Å². The van der Waals surface area contributed by atoms with E-state index in [4.69, 9.17) is 5.11 Å². The summed E-state index contributed by atoms with van der Waals surface area (Å²) in [7, 11) is 0. The van der Waals surface area contributed by atoms with Crippen molar-refractivity contribution in [3.63, 3.8) is 0 Å². The highest BCUT2D eigenvalue weighted by Gasteiger charge is 2.29. The molecule has 1 unspecified atom stereocenters. The first-order valence-electron chi connectivity index (χ1n) is 3.91. The number of allylic oxidation sites excluding steroid dienone is 2. The molecule has 11 heavy (non-hydrogen) atoms. The maximum Gasteiger partial charge on any atom is 0.309 e. The number of hydrogen-bond acceptors (Lipinski definition) is 1. The van der Waals surface area contributed by atoms with Gasteiger partial charge >= 0.3 is 5.97 Å². The minimum atomic E-state index is -0.710. The first-order valence-corrected chi connectivity index (χ1v) is 3.91. The first kappa shape index (κ1) is 10.2. The monoisotopic (exact) mass is 156 g/mol. The molecule has 0 radical (unpaired) electrons. The van der Waals surface area contributed by atoms with Crippen LogP contribution in [-0.2, 0) is 4.79 Å². The summed E-state index contributed by atoms with van der Waals surface area (Å²) < 4.78 is 0. The topological polar surface area (TPSA) is 37.3 Å². The Morgan fingerprint density at radius 1 is 1.64 bits per heavy atom. The van der Waals surface area contributed by atoms with Gasteiger partial charge in [-0.05, 0) is 26.7 Å². The lowest BCUT2D eigenvalue weighted by molar-refractivity contribution is -0.147. The maximum atomic E-state index is 10.7. The van der Waals surface area contributed by atoms with Crippen molar-refractivity contribution in [1.82, 2.24) is 0 Å². The zero-order chi connectivity index (χ0) is 8.91. The van der Waals surface area contributed by atoms with Crippen molar-refractivity contribution < 1.29 is 9.90 Å². The van der Waals surface area contributed by atoms with Gasteiger partial charge in [-0.3, -0.25) is 4.79 Å². The lowest BCUT2D eigenvalue weighted by Gasteiger charge is -2.20. The fourth-order valence-electron chi connectivity index (χ4n) is 0.761. The molecule has 1 atom stereocenters. The van der Waals surface area contributed by atoms with Crippen LogP contribution in [0.5, 0.6) is 0 Å². The molecule has 0 saturated heterocycles. The SMILES string of the molecule is C/C=C/CC(C)(CC)C(=O)O. The highest BCUT2D eigenvalue weighted by atomic mass is 16.4. The highest BCUT2D eigenvalue weighted by Crippen LogP contribution is 2.26. The van der Waals surface area contributed by atoms with E-state index < -0.39 is 11.4 Å². The molecule has 0 aromatic heterocycles. The van der Waals surface area contributed by atoms with Gasteiger partial charge in [-0.25, -0.2) is 0 Å². The average molecular weight is 156 g/mol. The summed E-state index contributed by atoms with van der Waals surface area (Å²) in [5, 5.41) is 8.83. The fraction of sp³-hybridized carbons (Fsp3) is 0.667. The molecule has 0 fully saturated rings. The normalized spacial score (nSPS) is 16.6. The van der Waals surface area contributed by atoms with E-state index >= 15 is 0 Å². The summed E-state index contributed by atoms with van der Waals surface area (Å²) in [6.07, 6.45) is 5.08. The van der Waals surface area contributed by atoms with Gasteiger partial charge in [-0.2, -0.15) is 0 Å². The molecule has 0 bridgehead atoms. The van der Waals surface area contributed by atoms with Crippen LogP contribution in [-0.4, -0.2) is 11.1 Å². The molecular weight excluding hydrogens is 140 g/mol. The molecule has 0 aliphatic carbocycles. The van der Waals surface area contributed by atoms with Crippen LogP contribution in [0.1, 0.15) is 33.6 Å². The Morgan fingerprint density at radius 3 is 2.45 bits per heavy atom. The third kappa shape index (κ3) is 2.74. The number of carboxylic acids is 1. The molecule has 2 heteroatoms. The third-order valence-corrected chi connectivity index (χ3v) is 2.10. The van der Waals surface area contributed by atoms with E-state index in [9.17, 15) is 4.79 Å². The predicted octanol–water partition coefficient (Wildman–Crippen LogP) is 2.45. The molecule has 0 aromatic carbocycles. The van der Waals surface area contributed by atoms with E-state index in [2.05, 4.69) is 0 Å². The van der Waals surface area contributed by atoms with Crippen LogP contribution < -0.4 is 0 Å². The van der Waals surface area contributed by atoms with Crippen molar-refractivity contribution >= 4 is 5.97 Å². The Morgan fingerprint density at radius 2 is 2.18 bits per heavy atom. The van der Waals surface area contributed by atoms with Gasteiger partial charge in [0, 0.05) is 0 Å². The van der Waals surface area contributed by atoms with E-state index in [1.165, 1.54) is 0 Å². The summed E-state index contributed by atoms with van der Waals surface area (Å²) >= 11 is 0. The molecule has 0 aliphatic heterocycles. The molecule has 64 valence electrons. The standard InChI is InChI=1S/C9H16O2/c1-4-6-7-9(3,5-2)8(10)11/h4,6H,5,7H2,1-3H3,(H,10,11)/b6-4+. The molecule has 1 N–H and O–H groups in total. The van der Waals surface area contributed by atoms with E-state index in [-0.39, 0.29) is 0 Å². The van der Waals surface area contributed by atoms with Gasteiger partial charge in [-0.15, -0.1) is 0 Å². The molecule has 0 heterocycles. The summed E-state index contributed by atoms with van der Waals surface area (Å²) in [6, 6.07) is 0. The van der Waals surface area contributed by atoms with Crippen molar-refractivity contribution in [2.45, 2.75) is 33.6 Å². The number of carboxylic acid groups (broad SMARTS) is 1. The Labute approximate surface area is 67.9 Å². The van der Waals surface area contributed by atoms with Gasteiger partial charge in [0.2, 0.25) is 0 Å². The lowest BCUT2D eigenvalue weighted by atomic mass is 9.84. The highest BCUT2D eigenvalue weighted by molar-refractivity contribution is 5.74. The number of rotatable bonds is 4. The zero-order valence-corrected chi connectivity index (χ0v) is 7.42. The van der Waals surface area contributed by atoms with E-state index in [0.717, 1.165) is 0 Å². The quantitative estimate of drug-likeness (QED) is 0.635. The minimum absolute atomic E-state index is 0.577. The van der Waals surface area contributed by atoms with Gasteiger partial charge in [0.1, 0.15) is 0 Å². The molecule has 0 spiro atoms. The second-order valence-corrected chi connectivity index (χ2v) is 2.99. The second kappa shape index (κ2) is 4.16. The van der Waals surface area contributed by atoms with Crippen molar-refractivity contribution in [3.05, 3.63) is 12.2 Å². The molecule has 0 rings (SSSR count).